The third kappa shape index (κ3) is 6.97. The zero-order valence-corrected chi connectivity index (χ0v) is 24.8. The van der Waals surface area contributed by atoms with Gasteiger partial charge in [0.15, 0.2) is 11.2 Å². The lowest BCUT2D eigenvalue weighted by Gasteiger charge is -2.42. The van der Waals surface area contributed by atoms with E-state index in [2.05, 4.69) is 5.32 Å². The summed E-state index contributed by atoms with van der Waals surface area (Å²) in [6, 6.07) is 2.38. The molecular formula is C28H40ClFN4O6. The summed E-state index contributed by atoms with van der Waals surface area (Å²) in [4.78, 5) is 56.3. The summed E-state index contributed by atoms with van der Waals surface area (Å²) in [6.45, 7) is 10.4. The maximum Gasteiger partial charge on any atom is 0.411 e. The van der Waals surface area contributed by atoms with Crippen molar-refractivity contribution in [3.05, 3.63) is 23.3 Å². The molecule has 3 rings (SSSR count). The minimum absolute atomic E-state index is 0.114. The van der Waals surface area contributed by atoms with Crippen molar-refractivity contribution in [3.63, 3.8) is 0 Å². The Bertz CT molecular complexity index is 1130. The zero-order valence-electron chi connectivity index (χ0n) is 24.1. The number of carbonyl (C=O) groups is 4. The number of halogens is 2. The minimum atomic E-state index is -1.22. The quantitative estimate of drug-likeness (QED) is 0.437. The first-order valence-electron chi connectivity index (χ1n) is 13.7. The Morgan fingerprint density at radius 1 is 1.27 bits per heavy atom. The number of likely N-dealkylation sites (tertiary alicyclic amines) is 1. The highest BCUT2D eigenvalue weighted by molar-refractivity contribution is 6.19. The van der Waals surface area contributed by atoms with E-state index in [9.17, 15) is 23.6 Å². The maximum atomic E-state index is 14.4. The maximum absolute atomic E-state index is 14.4. The number of anilines is 1. The fourth-order valence-electron chi connectivity index (χ4n) is 5.14. The van der Waals surface area contributed by atoms with Gasteiger partial charge in [0.25, 0.3) is 11.8 Å². The Kier molecular flexibility index (Phi) is 10.3. The Labute approximate surface area is 240 Å². The second-order valence-electron chi connectivity index (χ2n) is 10.9. The number of nitrogens with one attached hydrogen (secondary N) is 1. The second-order valence-corrected chi connectivity index (χ2v) is 11.5. The number of rotatable bonds is 9. The van der Waals surface area contributed by atoms with E-state index in [1.54, 1.807) is 32.6 Å². The number of amides is 4. The lowest BCUT2D eigenvalue weighted by molar-refractivity contribution is -0.132. The molecule has 1 N–H and O–H groups in total. The molecule has 0 bridgehead atoms. The van der Waals surface area contributed by atoms with E-state index in [4.69, 9.17) is 21.1 Å². The van der Waals surface area contributed by atoms with E-state index < -0.39 is 29.8 Å². The molecule has 0 spiro atoms. The van der Waals surface area contributed by atoms with Crippen LogP contribution >= 0.6 is 11.6 Å². The molecule has 1 aromatic rings. The van der Waals surface area contributed by atoms with Gasteiger partial charge in [0.2, 0.25) is 5.91 Å². The van der Waals surface area contributed by atoms with E-state index in [1.807, 2.05) is 13.8 Å². The van der Waals surface area contributed by atoms with E-state index in [0.29, 0.717) is 31.5 Å². The van der Waals surface area contributed by atoms with Crippen LogP contribution in [0.25, 0.3) is 0 Å². The molecule has 40 heavy (non-hydrogen) atoms. The molecule has 0 saturated carbocycles. The molecule has 1 fully saturated rings. The van der Waals surface area contributed by atoms with Crippen LogP contribution in [0.1, 0.15) is 76.7 Å². The van der Waals surface area contributed by atoms with Gasteiger partial charge in [-0.05, 0) is 65.2 Å². The highest BCUT2D eigenvalue weighted by Gasteiger charge is 2.42. The van der Waals surface area contributed by atoms with Crippen LogP contribution < -0.4 is 15.0 Å². The van der Waals surface area contributed by atoms with Gasteiger partial charge in [-0.1, -0.05) is 18.5 Å². The monoisotopic (exact) mass is 582 g/mol. The number of hydrogen-bond donors (Lipinski definition) is 1. The number of alkyl halides is 2. The first-order valence-corrected chi connectivity index (χ1v) is 14.2. The highest BCUT2D eigenvalue weighted by atomic mass is 35.5. The Balaban J connectivity index is 1.97. The van der Waals surface area contributed by atoms with Gasteiger partial charge in [-0.15, -0.1) is 0 Å². The van der Waals surface area contributed by atoms with Gasteiger partial charge < -0.3 is 29.5 Å². The van der Waals surface area contributed by atoms with Crippen molar-refractivity contribution in [1.29, 1.82) is 0 Å². The van der Waals surface area contributed by atoms with Crippen molar-refractivity contribution in [1.82, 2.24) is 15.1 Å². The molecule has 1 aromatic carbocycles. The van der Waals surface area contributed by atoms with Crippen molar-refractivity contribution in [2.75, 3.05) is 31.1 Å². The molecule has 10 nitrogen and oxygen atoms in total. The van der Waals surface area contributed by atoms with Crippen molar-refractivity contribution in [2.45, 2.75) is 90.7 Å². The van der Waals surface area contributed by atoms with Gasteiger partial charge in [0.1, 0.15) is 12.4 Å². The molecular weight excluding hydrogens is 543 g/mol. The summed E-state index contributed by atoms with van der Waals surface area (Å²) >= 11 is 5.83. The van der Waals surface area contributed by atoms with Gasteiger partial charge in [-0.25, -0.2) is 9.18 Å². The number of fused-ring (bicyclic) bond motifs is 1. The number of ether oxygens (including phenoxy) is 2. The number of nitrogens with zero attached hydrogens (tertiary/aromatic N) is 3. The molecule has 2 atom stereocenters. The number of benzene rings is 1. The van der Waals surface area contributed by atoms with Crippen LogP contribution in [-0.4, -0.2) is 83.0 Å². The summed E-state index contributed by atoms with van der Waals surface area (Å²) in [5.74, 6) is -0.614. The Morgan fingerprint density at radius 2 is 1.98 bits per heavy atom. The summed E-state index contributed by atoms with van der Waals surface area (Å²) in [7, 11) is 0. The summed E-state index contributed by atoms with van der Waals surface area (Å²) in [5.41, 5.74) is -1.41. The largest absolute Gasteiger partial charge is 0.476 e. The molecule has 0 aliphatic carbocycles. The predicted octanol–water partition coefficient (Wildman–Crippen LogP) is 4.22. The first kappa shape index (κ1) is 31.4. The van der Waals surface area contributed by atoms with Gasteiger partial charge in [0, 0.05) is 44.2 Å². The lowest BCUT2D eigenvalue weighted by Crippen LogP contribution is -2.55. The predicted molar refractivity (Wildman–Crippen MR) is 149 cm³/mol. The molecule has 2 aliphatic heterocycles. The third-order valence-electron chi connectivity index (χ3n) is 7.06. The normalized spacial score (nSPS) is 19.0. The summed E-state index contributed by atoms with van der Waals surface area (Å²) in [5, 5.41) is 2.76. The van der Waals surface area contributed by atoms with Crippen LogP contribution in [0.3, 0.4) is 0 Å². The lowest BCUT2D eigenvalue weighted by atomic mass is 9.97. The van der Waals surface area contributed by atoms with E-state index in [0.717, 1.165) is 0 Å². The van der Waals surface area contributed by atoms with Crippen LogP contribution in [0.15, 0.2) is 12.1 Å². The minimum Gasteiger partial charge on any atom is -0.476 e. The topological polar surface area (TPSA) is 108 Å². The molecule has 1 unspecified atom stereocenters. The molecule has 1 saturated heterocycles. The van der Waals surface area contributed by atoms with Gasteiger partial charge in [-0.2, -0.15) is 0 Å². The highest BCUT2D eigenvalue weighted by Crippen LogP contribution is 2.40. The fourth-order valence-corrected chi connectivity index (χ4v) is 5.22. The van der Waals surface area contributed by atoms with Crippen molar-refractivity contribution >= 4 is 41.1 Å². The molecule has 0 radical (unpaired) electrons. The standard InChI is InChI=1S/C28H40ClFN4O6/c1-7-24(35)31-10-12-33-22-14-21(19(15-30)13-23(22)40-28(5,6)26(33)37)25(36)34(17(2)3)20-9-8-11-32(16-20)27(38)39-18(4)29/h13-14,17-18,20H,7-12,15-16H2,1-6H3,(H,31,35)/t18?,20-/m1/s1. The molecule has 2 heterocycles. The van der Waals surface area contributed by atoms with Gasteiger partial charge in [-0.3, -0.25) is 14.4 Å². The smallest absolute Gasteiger partial charge is 0.411 e. The zero-order chi connectivity index (χ0) is 29.8. The van der Waals surface area contributed by atoms with Crippen LogP contribution in [0, 0.1) is 0 Å². The van der Waals surface area contributed by atoms with Crippen molar-refractivity contribution in [2.24, 2.45) is 0 Å². The van der Waals surface area contributed by atoms with E-state index >= 15 is 0 Å². The van der Waals surface area contributed by atoms with Crippen molar-refractivity contribution in [3.8, 4) is 5.75 Å². The van der Waals surface area contributed by atoms with Gasteiger partial charge >= 0.3 is 6.09 Å². The van der Waals surface area contributed by atoms with Crippen LogP contribution in [0.2, 0.25) is 0 Å². The summed E-state index contributed by atoms with van der Waals surface area (Å²) < 4.78 is 25.5. The van der Waals surface area contributed by atoms with Crippen LogP contribution in [-0.2, 0) is 21.0 Å². The molecule has 0 aromatic heterocycles. The SMILES string of the molecule is CCC(=O)NCCN1C(=O)C(C)(C)Oc2cc(CF)c(C(=O)N(C(C)C)[C@@H]3CCCN(C(=O)OC(C)Cl)C3)cc21. The van der Waals surface area contributed by atoms with Crippen LogP contribution in [0.4, 0.5) is 14.9 Å². The third-order valence-corrected chi connectivity index (χ3v) is 7.15. The molecule has 4 amide bonds. The number of hydrogen-bond acceptors (Lipinski definition) is 6. The number of carbonyl (C=O) groups excluding carboxylic acids is 4. The second kappa shape index (κ2) is 13.1. The Morgan fingerprint density at radius 3 is 2.58 bits per heavy atom. The average molecular weight is 583 g/mol. The Hall–Kier alpha value is -3.08. The van der Waals surface area contributed by atoms with E-state index in [-0.39, 0.29) is 60.4 Å². The fraction of sp³-hybridized carbons (Fsp3) is 0.643. The van der Waals surface area contributed by atoms with Gasteiger partial charge in [0.05, 0.1) is 11.7 Å². The molecule has 12 heteroatoms. The summed E-state index contributed by atoms with van der Waals surface area (Å²) in [6.07, 6.45) is 1.07. The van der Waals surface area contributed by atoms with Crippen molar-refractivity contribution < 1.29 is 33.0 Å². The molecule has 222 valence electrons. The van der Waals surface area contributed by atoms with E-state index in [1.165, 1.54) is 21.9 Å². The van der Waals surface area contributed by atoms with Crippen LogP contribution in [0.5, 0.6) is 5.75 Å². The number of piperidine rings is 1. The average Bonchev–Trinajstić information content (AvgIpc) is 2.89. The molecule has 2 aliphatic rings. The first-order chi connectivity index (χ1) is 18.8.